The minimum atomic E-state index is -0.835. The lowest BCUT2D eigenvalue weighted by Gasteiger charge is -2.35. The van der Waals surface area contributed by atoms with E-state index in [4.69, 9.17) is 9.47 Å². The number of benzene rings is 2. The van der Waals surface area contributed by atoms with E-state index >= 15 is 0 Å². The standard InChI is InChI=1S/C22H20N2O4/c1-3-28-22(26)20-15-11-12-23-19-17(27-2)10-9-16(18(15)19)21(25)24(20)13-14-7-5-4-6-8-14/h4-12,20H,3,13H2,1-2H3. The highest BCUT2D eigenvalue weighted by molar-refractivity contribution is 6.13. The topological polar surface area (TPSA) is 68.7 Å². The number of aromatic nitrogens is 1. The molecule has 0 aliphatic carbocycles. The Labute approximate surface area is 162 Å². The van der Waals surface area contributed by atoms with Crippen LogP contribution in [0.3, 0.4) is 0 Å². The lowest BCUT2D eigenvalue weighted by Crippen LogP contribution is -2.42. The number of carbonyl (C=O) groups excluding carboxylic acids is 2. The van der Waals surface area contributed by atoms with Gasteiger partial charge in [-0.05, 0) is 36.2 Å². The van der Waals surface area contributed by atoms with E-state index in [0.29, 0.717) is 34.3 Å². The fourth-order valence-corrected chi connectivity index (χ4v) is 3.70. The van der Waals surface area contributed by atoms with Crippen LogP contribution in [0.15, 0.2) is 54.7 Å². The zero-order chi connectivity index (χ0) is 19.7. The summed E-state index contributed by atoms with van der Waals surface area (Å²) in [6.07, 6.45) is 1.63. The van der Waals surface area contributed by atoms with Crippen LogP contribution in [0, 0.1) is 0 Å². The summed E-state index contributed by atoms with van der Waals surface area (Å²) in [5.74, 6) is -0.115. The number of methoxy groups -OCH3 is 1. The number of nitrogens with zero attached hydrogens (tertiary/aromatic N) is 2. The summed E-state index contributed by atoms with van der Waals surface area (Å²) in [5, 5.41) is 0.647. The zero-order valence-corrected chi connectivity index (χ0v) is 15.7. The van der Waals surface area contributed by atoms with E-state index in [1.54, 1.807) is 43.3 Å². The summed E-state index contributed by atoms with van der Waals surface area (Å²) < 4.78 is 10.7. The largest absolute Gasteiger partial charge is 0.494 e. The van der Waals surface area contributed by atoms with Crippen LogP contribution in [-0.4, -0.2) is 35.5 Å². The lowest BCUT2D eigenvalue weighted by molar-refractivity contribution is -0.149. The second-order valence-corrected chi connectivity index (χ2v) is 6.51. The van der Waals surface area contributed by atoms with Crippen molar-refractivity contribution in [1.29, 1.82) is 0 Å². The predicted molar refractivity (Wildman–Crippen MR) is 104 cm³/mol. The van der Waals surface area contributed by atoms with E-state index < -0.39 is 12.0 Å². The van der Waals surface area contributed by atoms with Crippen LogP contribution in [0.1, 0.15) is 34.5 Å². The SMILES string of the molecule is CCOC(=O)C1c2ccnc3c(OC)ccc(c23)C(=O)N1Cc1ccccc1. The van der Waals surface area contributed by atoms with Crippen molar-refractivity contribution < 1.29 is 19.1 Å². The fraction of sp³-hybridized carbons (Fsp3) is 0.227. The monoisotopic (exact) mass is 376 g/mol. The van der Waals surface area contributed by atoms with E-state index in [0.717, 1.165) is 5.56 Å². The molecule has 142 valence electrons. The lowest BCUT2D eigenvalue weighted by atomic mass is 9.90. The second-order valence-electron chi connectivity index (χ2n) is 6.51. The number of pyridine rings is 1. The summed E-state index contributed by atoms with van der Waals surface area (Å²) in [6, 6.07) is 14.0. The quantitative estimate of drug-likeness (QED) is 0.638. The highest BCUT2D eigenvalue weighted by Crippen LogP contribution is 2.40. The Hall–Kier alpha value is -3.41. The summed E-state index contributed by atoms with van der Waals surface area (Å²) >= 11 is 0. The Kier molecular flexibility index (Phi) is 4.69. The van der Waals surface area contributed by atoms with Gasteiger partial charge in [0.25, 0.3) is 5.91 Å². The van der Waals surface area contributed by atoms with Crippen LogP contribution in [0.4, 0.5) is 0 Å². The van der Waals surface area contributed by atoms with Gasteiger partial charge in [0.2, 0.25) is 0 Å². The van der Waals surface area contributed by atoms with Crippen LogP contribution in [0.2, 0.25) is 0 Å². The first-order valence-electron chi connectivity index (χ1n) is 9.12. The molecule has 1 aliphatic rings. The van der Waals surface area contributed by atoms with Crippen molar-refractivity contribution in [2.45, 2.75) is 19.5 Å². The molecule has 0 radical (unpaired) electrons. The second kappa shape index (κ2) is 7.31. The molecule has 2 heterocycles. The van der Waals surface area contributed by atoms with E-state index in [1.807, 2.05) is 30.3 Å². The van der Waals surface area contributed by atoms with Crippen LogP contribution < -0.4 is 4.74 Å². The number of rotatable bonds is 5. The Morgan fingerprint density at radius 1 is 1.14 bits per heavy atom. The summed E-state index contributed by atoms with van der Waals surface area (Å²) in [5.41, 5.74) is 2.72. The maximum atomic E-state index is 13.4. The Balaban J connectivity index is 1.91. The van der Waals surface area contributed by atoms with E-state index in [9.17, 15) is 9.59 Å². The minimum absolute atomic E-state index is 0.227. The Morgan fingerprint density at radius 3 is 2.64 bits per heavy atom. The fourth-order valence-electron chi connectivity index (χ4n) is 3.70. The molecule has 0 bridgehead atoms. The summed E-state index contributed by atoms with van der Waals surface area (Å²) in [4.78, 5) is 32.2. The van der Waals surface area contributed by atoms with Gasteiger partial charge in [0.15, 0.2) is 6.04 Å². The van der Waals surface area contributed by atoms with Crippen molar-refractivity contribution in [2.24, 2.45) is 0 Å². The van der Waals surface area contributed by atoms with Gasteiger partial charge in [0, 0.05) is 23.7 Å². The molecule has 0 saturated carbocycles. The molecule has 0 fully saturated rings. The van der Waals surface area contributed by atoms with Gasteiger partial charge in [-0.2, -0.15) is 0 Å². The molecule has 1 aromatic heterocycles. The predicted octanol–water partition coefficient (Wildman–Crippen LogP) is 3.50. The molecule has 28 heavy (non-hydrogen) atoms. The van der Waals surface area contributed by atoms with Crippen molar-refractivity contribution in [3.05, 3.63) is 71.4 Å². The third kappa shape index (κ3) is 2.87. The average molecular weight is 376 g/mol. The smallest absolute Gasteiger partial charge is 0.333 e. The molecule has 0 spiro atoms. The third-order valence-corrected chi connectivity index (χ3v) is 4.91. The van der Waals surface area contributed by atoms with E-state index in [-0.39, 0.29) is 12.5 Å². The zero-order valence-electron chi connectivity index (χ0n) is 15.7. The highest BCUT2D eigenvalue weighted by atomic mass is 16.5. The molecular formula is C22H20N2O4. The molecule has 0 N–H and O–H groups in total. The van der Waals surface area contributed by atoms with Crippen molar-refractivity contribution >= 4 is 22.8 Å². The molecule has 1 aliphatic heterocycles. The summed E-state index contributed by atoms with van der Waals surface area (Å²) in [6.45, 7) is 2.30. The Morgan fingerprint density at radius 2 is 1.93 bits per heavy atom. The van der Waals surface area contributed by atoms with Gasteiger partial charge in [-0.1, -0.05) is 30.3 Å². The van der Waals surface area contributed by atoms with Gasteiger partial charge < -0.3 is 14.4 Å². The molecule has 1 amide bonds. The highest BCUT2D eigenvalue weighted by Gasteiger charge is 2.40. The maximum Gasteiger partial charge on any atom is 0.333 e. The third-order valence-electron chi connectivity index (χ3n) is 4.91. The number of hydrogen-bond donors (Lipinski definition) is 0. The van der Waals surface area contributed by atoms with Crippen molar-refractivity contribution in [3.63, 3.8) is 0 Å². The number of esters is 1. The van der Waals surface area contributed by atoms with Crippen LogP contribution >= 0.6 is 0 Å². The van der Waals surface area contributed by atoms with Crippen LogP contribution in [-0.2, 0) is 16.1 Å². The molecule has 1 atom stereocenters. The molecular weight excluding hydrogens is 356 g/mol. The van der Waals surface area contributed by atoms with Gasteiger partial charge in [-0.15, -0.1) is 0 Å². The van der Waals surface area contributed by atoms with Gasteiger partial charge in [-0.25, -0.2) is 4.79 Å². The molecule has 0 saturated heterocycles. The van der Waals surface area contributed by atoms with Gasteiger partial charge >= 0.3 is 5.97 Å². The first kappa shape index (κ1) is 18.0. The van der Waals surface area contributed by atoms with Crippen LogP contribution in [0.5, 0.6) is 5.75 Å². The minimum Gasteiger partial charge on any atom is -0.494 e. The first-order valence-corrected chi connectivity index (χ1v) is 9.12. The molecule has 4 rings (SSSR count). The molecule has 3 aromatic rings. The molecule has 1 unspecified atom stereocenters. The first-order chi connectivity index (χ1) is 13.7. The molecule has 2 aromatic carbocycles. The summed E-state index contributed by atoms with van der Waals surface area (Å²) in [7, 11) is 1.56. The van der Waals surface area contributed by atoms with E-state index in [2.05, 4.69) is 4.98 Å². The van der Waals surface area contributed by atoms with Gasteiger partial charge in [0.1, 0.15) is 11.3 Å². The molecule has 6 heteroatoms. The number of carbonyl (C=O) groups is 2. The van der Waals surface area contributed by atoms with Crippen molar-refractivity contribution in [1.82, 2.24) is 9.88 Å². The van der Waals surface area contributed by atoms with E-state index in [1.165, 1.54) is 0 Å². The average Bonchev–Trinajstić information content (AvgIpc) is 2.72. The number of ether oxygens (including phenoxy) is 2. The van der Waals surface area contributed by atoms with Crippen molar-refractivity contribution in [2.75, 3.05) is 13.7 Å². The van der Waals surface area contributed by atoms with Crippen LogP contribution in [0.25, 0.3) is 10.9 Å². The Bertz CT molecular complexity index is 1050. The van der Waals surface area contributed by atoms with Crippen molar-refractivity contribution in [3.8, 4) is 5.75 Å². The normalized spacial score (nSPS) is 15.6. The number of amides is 1. The van der Waals surface area contributed by atoms with Gasteiger partial charge in [0.05, 0.1) is 13.7 Å². The van der Waals surface area contributed by atoms with Gasteiger partial charge in [-0.3, -0.25) is 9.78 Å². The maximum absolute atomic E-state index is 13.4. The molecule has 6 nitrogen and oxygen atoms in total. The number of hydrogen-bond acceptors (Lipinski definition) is 5.